The lowest BCUT2D eigenvalue weighted by molar-refractivity contribution is 0.389. The molecule has 0 unspecified atom stereocenters. The molecule has 3 heterocycles. The number of imidazole rings is 1. The summed E-state index contributed by atoms with van der Waals surface area (Å²) in [7, 11) is 1.64. The molecule has 4 rings (SSSR count). The van der Waals surface area contributed by atoms with Gasteiger partial charge in [-0.2, -0.15) is 4.52 Å². The number of hydrogen-bond acceptors (Lipinski definition) is 5. The number of rotatable bonds is 5. The van der Waals surface area contributed by atoms with Crippen LogP contribution in [-0.4, -0.2) is 26.7 Å². The fourth-order valence-corrected chi connectivity index (χ4v) is 2.79. The minimum atomic E-state index is 0.619. The number of aromatic nitrogens is 4. The summed E-state index contributed by atoms with van der Waals surface area (Å²) in [6.45, 7) is 2.71. The minimum absolute atomic E-state index is 0.619. The Hall–Kier alpha value is -3.41. The Balaban J connectivity index is 1.68. The summed E-state index contributed by atoms with van der Waals surface area (Å²) < 4.78 is 7.32. The van der Waals surface area contributed by atoms with Gasteiger partial charge < -0.3 is 10.1 Å². The van der Waals surface area contributed by atoms with Crippen molar-refractivity contribution in [2.75, 3.05) is 12.4 Å². The van der Waals surface area contributed by atoms with E-state index in [0.29, 0.717) is 12.4 Å². The van der Waals surface area contributed by atoms with Crippen LogP contribution < -0.4 is 10.1 Å². The Morgan fingerprint density at radius 3 is 2.65 bits per heavy atom. The molecule has 0 bridgehead atoms. The molecule has 6 heteroatoms. The number of nitrogens with zero attached hydrogens (tertiary/aromatic N) is 4. The van der Waals surface area contributed by atoms with Gasteiger partial charge >= 0.3 is 0 Å². The van der Waals surface area contributed by atoms with E-state index >= 15 is 0 Å². The zero-order chi connectivity index (χ0) is 17.9. The second-order valence-corrected chi connectivity index (χ2v) is 6.04. The Labute approximate surface area is 151 Å². The summed E-state index contributed by atoms with van der Waals surface area (Å²) in [6, 6.07) is 16.0. The molecular formula is C20H19N5O. The summed E-state index contributed by atoms with van der Waals surface area (Å²) in [4.78, 5) is 8.80. The predicted octanol–water partition coefficient (Wildman–Crippen LogP) is 3.72. The summed E-state index contributed by atoms with van der Waals surface area (Å²) in [5.74, 6) is 1.36. The molecule has 26 heavy (non-hydrogen) atoms. The molecule has 0 amide bonds. The maximum absolute atomic E-state index is 5.60. The molecule has 1 aromatic carbocycles. The van der Waals surface area contributed by atoms with Gasteiger partial charge in [-0.1, -0.05) is 35.9 Å². The van der Waals surface area contributed by atoms with E-state index in [9.17, 15) is 0 Å². The molecule has 0 fully saturated rings. The third-order valence-corrected chi connectivity index (χ3v) is 4.15. The van der Waals surface area contributed by atoms with Crippen molar-refractivity contribution in [3.8, 4) is 17.1 Å². The first-order valence-corrected chi connectivity index (χ1v) is 8.38. The molecular weight excluding hydrogens is 326 g/mol. The van der Waals surface area contributed by atoms with Gasteiger partial charge in [-0.15, -0.1) is 5.10 Å². The Bertz CT molecular complexity index is 1030. The highest BCUT2D eigenvalue weighted by atomic mass is 16.5. The molecule has 0 saturated heterocycles. The number of anilines is 1. The van der Waals surface area contributed by atoms with E-state index in [1.54, 1.807) is 17.8 Å². The molecule has 1 N–H and O–H groups in total. The van der Waals surface area contributed by atoms with Gasteiger partial charge in [0.25, 0.3) is 0 Å². The third kappa shape index (κ3) is 3.09. The maximum atomic E-state index is 5.60. The zero-order valence-electron chi connectivity index (χ0n) is 14.7. The molecule has 130 valence electrons. The van der Waals surface area contributed by atoms with E-state index in [0.717, 1.165) is 28.3 Å². The zero-order valence-corrected chi connectivity index (χ0v) is 14.7. The van der Waals surface area contributed by atoms with Crippen molar-refractivity contribution in [3.63, 3.8) is 0 Å². The number of fused-ring (bicyclic) bond motifs is 1. The normalized spacial score (nSPS) is 10.8. The lowest BCUT2D eigenvalue weighted by atomic mass is 10.1. The van der Waals surface area contributed by atoms with Crippen LogP contribution in [0.4, 0.5) is 5.82 Å². The van der Waals surface area contributed by atoms with Crippen molar-refractivity contribution in [1.82, 2.24) is 19.6 Å². The first kappa shape index (κ1) is 16.1. The highest BCUT2D eigenvalue weighted by molar-refractivity contribution is 5.69. The number of benzene rings is 1. The van der Waals surface area contributed by atoms with Crippen LogP contribution >= 0.6 is 0 Å². The van der Waals surface area contributed by atoms with Crippen molar-refractivity contribution < 1.29 is 4.74 Å². The van der Waals surface area contributed by atoms with Gasteiger partial charge in [0, 0.05) is 24.5 Å². The fourth-order valence-electron chi connectivity index (χ4n) is 2.79. The van der Waals surface area contributed by atoms with Crippen LogP contribution in [0.2, 0.25) is 0 Å². The van der Waals surface area contributed by atoms with E-state index in [-0.39, 0.29) is 0 Å². The Morgan fingerprint density at radius 2 is 1.92 bits per heavy atom. The second kappa shape index (κ2) is 6.84. The van der Waals surface area contributed by atoms with Crippen molar-refractivity contribution in [3.05, 3.63) is 72.1 Å². The van der Waals surface area contributed by atoms with Crippen molar-refractivity contribution in [2.24, 2.45) is 0 Å². The topological polar surface area (TPSA) is 64.3 Å². The van der Waals surface area contributed by atoms with Gasteiger partial charge in [0.1, 0.15) is 11.5 Å². The molecule has 6 nitrogen and oxygen atoms in total. The second-order valence-electron chi connectivity index (χ2n) is 6.04. The van der Waals surface area contributed by atoms with Gasteiger partial charge in [0.05, 0.1) is 7.11 Å². The quantitative estimate of drug-likeness (QED) is 0.597. The van der Waals surface area contributed by atoms with Crippen LogP contribution in [0.5, 0.6) is 5.88 Å². The number of pyridine rings is 1. The van der Waals surface area contributed by atoms with Gasteiger partial charge in [-0.05, 0) is 30.7 Å². The lowest BCUT2D eigenvalue weighted by Gasteiger charge is -2.07. The molecule has 0 aliphatic carbocycles. The highest BCUT2D eigenvalue weighted by Crippen LogP contribution is 2.30. The summed E-state index contributed by atoms with van der Waals surface area (Å²) in [5, 5.41) is 7.93. The van der Waals surface area contributed by atoms with Crippen LogP contribution in [0.3, 0.4) is 0 Å². The number of aryl methyl sites for hydroxylation is 1. The van der Waals surface area contributed by atoms with Gasteiger partial charge in [0.15, 0.2) is 5.65 Å². The largest absolute Gasteiger partial charge is 0.479 e. The van der Waals surface area contributed by atoms with Gasteiger partial charge in [0.2, 0.25) is 5.88 Å². The van der Waals surface area contributed by atoms with E-state index in [2.05, 4.69) is 39.4 Å². The van der Waals surface area contributed by atoms with Gasteiger partial charge in [-0.3, -0.25) is 4.98 Å². The average Bonchev–Trinajstić information content (AvgIpc) is 3.05. The van der Waals surface area contributed by atoms with E-state index in [1.807, 2.05) is 42.6 Å². The Kier molecular flexibility index (Phi) is 4.23. The van der Waals surface area contributed by atoms with E-state index in [4.69, 9.17) is 4.74 Å². The van der Waals surface area contributed by atoms with Crippen molar-refractivity contribution in [1.29, 1.82) is 0 Å². The molecule has 0 radical (unpaired) electrons. The monoisotopic (exact) mass is 345 g/mol. The summed E-state index contributed by atoms with van der Waals surface area (Å²) in [6.07, 6.45) is 3.59. The molecule has 0 aliphatic rings. The Morgan fingerprint density at radius 1 is 1.08 bits per heavy atom. The van der Waals surface area contributed by atoms with E-state index in [1.165, 1.54) is 5.56 Å². The molecule has 0 atom stereocenters. The number of methoxy groups -OCH3 is 1. The van der Waals surface area contributed by atoms with Crippen molar-refractivity contribution >= 4 is 11.5 Å². The van der Waals surface area contributed by atoms with Crippen molar-refractivity contribution in [2.45, 2.75) is 13.5 Å². The number of hydrogen-bond donors (Lipinski definition) is 1. The first-order chi connectivity index (χ1) is 12.7. The number of ether oxygens (including phenoxy) is 1. The van der Waals surface area contributed by atoms with Gasteiger partial charge in [-0.25, -0.2) is 4.98 Å². The SMILES string of the molecule is COc1c(-c2ccc(C)cc2)nc2ccc(NCc3cccnc3)nn12. The highest BCUT2D eigenvalue weighted by Gasteiger charge is 2.16. The predicted molar refractivity (Wildman–Crippen MR) is 101 cm³/mol. The average molecular weight is 345 g/mol. The molecule has 3 aromatic heterocycles. The molecule has 0 aliphatic heterocycles. The fraction of sp³-hybridized carbons (Fsp3) is 0.150. The smallest absolute Gasteiger partial charge is 0.243 e. The molecule has 0 saturated carbocycles. The summed E-state index contributed by atoms with van der Waals surface area (Å²) >= 11 is 0. The molecule has 0 spiro atoms. The minimum Gasteiger partial charge on any atom is -0.479 e. The van der Waals surface area contributed by atoms with Crippen LogP contribution in [0.25, 0.3) is 16.9 Å². The number of nitrogens with one attached hydrogen (secondary N) is 1. The maximum Gasteiger partial charge on any atom is 0.243 e. The lowest BCUT2D eigenvalue weighted by Crippen LogP contribution is -2.05. The van der Waals surface area contributed by atoms with Crippen LogP contribution in [-0.2, 0) is 6.54 Å². The summed E-state index contributed by atoms with van der Waals surface area (Å²) in [5.41, 5.74) is 4.82. The van der Waals surface area contributed by atoms with Crippen LogP contribution in [0.1, 0.15) is 11.1 Å². The third-order valence-electron chi connectivity index (χ3n) is 4.15. The molecule has 4 aromatic rings. The van der Waals surface area contributed by atoms with E-state index < -0.39 is 0 Å². The standard InChI is InChI=1S/C20H19N5O/c1-14-5-7-16(8-6-14)19-20(26-2)25-18(23-19)10-9-17(24-25)22-13-15-4-3-11-21-12-15/h3-12H,13H2,1-2H3,(H,22,24). The van der Waals surface area contributed by atoms with Crippen LogP contribution in [0, 0.1) is 6.92 Å². The first-order valence-electron chi connectivity index (χ1n) is 8.38. The van der Waals surface area contributed by atoms with Crippen LogP contribution in [0.15, 0.2) is 60.9 Å².